The van der Waals surface area contributed by atoms with Gasteiger partial charge in [0, 0.05) is 16.5 Å². The van der Waals surface area contributed by atoms with E-state index in [9.17, 15) is 27.9 Å². The average Bonchev–Trinajstić information content (AvgIpc) is 3.37. The van der Waals surface area contributed by atoms with Crippen LogP contribution in [-0.4, -0.2) is 24.1 Å². The molecule has 4 rings (SSSR count). The minimum Gasteiger partial charge on any atom is -0.493 e. The lowest BCUT2D eigenvalue weighted by Gasteiger charge is -2.11. The van der Waals surface area contributed by atoms with Gasteiger partial charge >= 0.3 is 12.1 Å². The summed E-state index contributed by atoms with van der Waals surface area (Å²) in [5.41, 5.74) is 1.28. The lowest BCUT2D eigenvalue weighted by Crippen LogP contribution is -2.11. The van der Waals surface area contributed by atoms with E-state index in [0.29, 0.717) is 38.8 Å². The molecule has 6 nitrogen and oxygen atoms in total. The van der Waals surface area contributed by atoms with Crippen LogP contribution in [0.25, 0.3) is 17.2 Å². The zero-order valence-electron chi connectivity index (χ0n) is 20.5. The molecule has 1 heterocycles. The van der Waals surface area contributed by atoms with Crippen molar-refractivity contribution < 1.29 is 37.3 Å². The first-order valence-corrected chi connectivity index (χ1v) is 12.3. The molecular weight excluding hydrogens is 531 g/mol. The van der Waals surface area contributed by atoms with E-state index in [1.54, 1.807) is 60.7 Å². The summed E-state index contributed by atoms with van der Waals surface area (Å²) in [4.78, 5) is 23.3. The van der Waals surface area contributed by atoms with E-state index in [0.717, 1.165) is 0 Å². The van der Waals surface area contributed by atoms with E-state index >= 15 is 0 Å². The van der Waals surface area contributed by atoms with E-state index in [-0.39, 0.29) is 23.4 Å². The number of methoxy groups -OCH3 is 1. The lowest BCUT2D eigenvalue weighted by atomic mass is 10.1. The summed E-state index contributed by atoms with van der Waals surface area (Å²) >= 11 is 0.629. The first-order valence-electron chi connectivity index (χ1n) is 11.5. The van der Waals surface area contributed by atoms with Crippen LogP contribution in [0.3, 0.4) is 0 Å². The Labute approximate surface area is 225 Å². The molecule has 39 heavy (non-hydrogen) atoms. The number of hydrogen-bond donors (Lipinski definition) is 2. The largest absolute Gasteiger partial charge is 0.493 e. The molecular formula is C29H22F3NO5S. The van der Waals surface area contributed by atoms with Gasteiger partial charge in [-0.05, 0) is 47.5 Å². The second-order valence-corrected chi connectivity index (χ2v) is 9.33. The highest BCUT2D eigenvalue weighted by molar-refractivity contribution is 7.12. The summed E-state index contributed by atoms with van der Waals surface area (Å²) in [6.45, 7) is -0.0997. The highest BCUT2D eigenvalue weighted by Crippen LogP contribution is 2.43. The number of benzene rings is 3. The van der Waals surface area contributed by atoms with Gasteiger partial charge in [0.2, 0.25) is 5.91 Å². The summed E-state index contributed by atoms with van der Waals surface area (Å²) in [5.74, 6) is -1.05. The van der Waals surface area contributed by atoms with E-state index in [2.05, 4.69) is 5.32 Å². The van der Waals surface area contributed by atoms with Crippen LogP contribution in [0, 0.1) is 0 Å². The first kappa shape index (κ1) is 27.5. The maximum absolute atomic E-state index is 13.7. The van der Waals surface area contributed by atoms with Crippen molar-refractivity contribution in [1.29, 1.82) is 0 Å². The Hall–Kier alpha value is -4.57. The van der Waals surface area contributed by atoms with Crippen LogP contribution in [0.2, 0.25) is 0 Å². The minimum atomic E-state index is -4.50. The number of anilines is 1. The molecule has 0 saturated heterocycles. The van der Waals surface area contributed by atoms with Gasteiger partial charge in [-0.25, -0.2) is 4.79 Å². The molecule has 0 spiro atoms. The molecule has 0 unspecified atom stereocenters. The highest BCUT2D eigenvalue weighted by Gasteiger charge is 2.36. The smallest absolute Gasteiger partial charge is 0.426 e. The SMILES string of the molecule is COc1cc(C=CC(=O)Nc2ccccc2C(=O)O)ccc1OCc1cc(-c2ccccc2)c(C(F)(F)F)s1. The van der Waals surface area contributed by atoms with Crippen LogP contribution >= 0.6 is 11.3 Å². The van der Waals surface area contributed by atoms with Crippen LogP contribution in [0.4, 0.5) is 18.9 Å². The predicted molar refractivity (Wildman–Crippen MR) is 143 cm³/mol. The molecule has 4 aromatic rings. The Kier molecular flexibility index (Phi) is 8.36. The van der Waals surface area contributed by atoms with Gasteiger partial charge in [0.15, 0.2) is 11.5 Å². The third kappa shape index (κ3) is 6.85. The fourth-order valence-electron chi connectivity index (χ4n) is 3.74. The number of carboxylic acids is 1. The minimum absolute atomic E-state index is 0.0357. The first-order chi connectivity index (χ1) is 18.7. The molecule has 0 atom stereocenters. The number of thiophene rings is 1. The Balaban J connectivity index is 1.46. The van der Waals surface area contributed by atoms with E-state index < -0.39 is 22.9 Å². The second kappa shape index (κ2) is 11.9. The number of nitrogens with one attached hydrogen (secondary N) is 1. The van der Waals surface area contributed by atoms with Gasteiger partial charge in [-0.15, -0.1) is 11.3 Å². The van der Waals surface area contributed by atoms with Gasteiger partial charge in [0.25, 0.3) is 0 Å². The molecule has 2 N–H and O–H groups in total. The number of carbonyl (C=O) groups excluding carboxylic acids is 1. The standard InChI is InChI=1S/C29H22F3NO5S/c1-37-25-15-18(12-14-26(34)33-23-10-6-5-9-21(23)28(35)36)11-13-24(25)38-17-20-16-22(19-7-3-2-4-8-19)27(39-20)29(30,31)32/h2-16H,17H2,1H3,(H,33,34)(H,35,36). The summed E-state index contributed by atoms with van der Waals surface area (Å²) in [5, 5.41) is 11.8. The van der Waals surface area contributed by atoms with Gasteiger partial charge in [-0.1, -0.05) is 48.5 Å². The number of alkyl halides is 3. The van der Waals surface area contributed by atoms with Crippen molar-refractivity contribution in [3.8, 4) is 22.6 Å². The second-order valence-electron chi connectivity index (χ2n) is 8.19. The van der Waals surface area contributed by atoms with Crippen LogP contribution < -0.4 is 14.8 Å². The average molecular weight is 554 g/mol. The number of ether oxygens (including phenoxy) is 2. The van der Waals surface area contributed by atoms with Crippen molar-refractivity contribution in [3.05, 3.63) is 106 Å². The quantitative estimate of drug-likeness (QED) is 0.211. The monoisotopic (exact) mass is 553 g/mol. The topological polar surface area (TPSA) is 84.9 Å². The number of hydrogen-bond acceptors (Lipinski definition) is 5. The summed E-state index contributed by atoms with van der Waals surface area (Å²) in [7, 11) is 1.42. The van der Waals surface area contributed by atoms with E-state index in [1.165, 1.54) is 37.5 Å². The number of para-hydroxylation sites is 1. The summed E-state index contributed by atoms with van der Waals surface area (Å²) < 4.78 is 52.2. The Morgan fingerprint density at radius 3 is 2.38 bits per heavy atom. The third-order valence-electron chi connectivity index (χ3n) is 5.53. The fraction of sp³-hybridized carbons (Fsp3) is 0.103. The molecule has 1 amide bonds. The van der Waals surface area contributed by atoms with Crippen LogP contribution in [0.15, 0.2) is 84.9 Å². The number of carboxylic acid groups (broad SMARTS) is 1. The molecule has 0 aliphatic carbocycles. The maximum atomic E-state index is 13.7. The Morgan fingerprint density at radius 1 is 0.974 bits per heavy atom. The fourth-order valence-corrected chi connectivity index (χ4v) is 4.70. The van der Waals surface area contributed by atoms with Gasteiger partial charge in [0.05, 0.1) is 18.4 Å². The molecule has 3 aromatic carbocycles. The molecule has 0 fully saturated rings. The number of aromatic carboxylic acids is 1. The zero-order valence-corrected chi connectivity index (χ0v) is 21.3. The van der Waals surface area contributed by atoms with Gasteiger partial charge in [0.1, 0.15) is 11.5 Å². The zero-order chi connectivity index (χ0) is 28.0. The molecule has 1 aromatic heterocycles. The molecule has 0 aliphatic rings. The molecule has 0 radical (unpaired) electrons. The van der Waals surface area contributed by atoms with Gasteiger partial charge in [-0.2, -0.15) is 13.2 Å². The third-order valence-corrected chi connectivity index (χ3v) is 6.68. The van der Waals surface area contributed by atoms with Crippen molar-refractivity contribution in [2.45, 2.75) is 12.8 Å². The van der Waals surface area contributed by atoms with Crippen molar-refractivity contribution in [3.63, 3.8) is 0 Å². The number of carbonyl (C=O) groups is 2. The van der Waals surface area contributed by atoms with Gasteiger partial charge in [-0.3, -0.25) is 4.79 Å². The van der Waals surface area contributed by atoms with Gasteiger partial charge < -0.3 is 19.9 Å². The molecule has 0 saturated carbocycles. The predicted octanol–water partition coefficient (Wildman–Crippen LogP) is 7.37. The number of halogens is 3. The van der Waals surface area contributed by atoms with E-state index in [1.807, 2.05) is 0 Å². The summed E-state index contributed by atoms with van der Waals surface area (Å²) in [6.07, 6.45) is -1.75. The molecule has 10 heteroatoms. The maximum Gasteiger partial charge on any atom is 0.426 e. The number of rotatable bonds is 9. The van der Waals surface area contributed by atoms with Crippen LogP contribution in [0.1, 0.15) is 25.7 Å². The Morgan fingerprint density at radius 2 is 1.69 bits per heavy atom. The molecule has 200 valence electrons. The molecule has 0 aliphatic heterocycles. The lowest BCUT2D eigenvalue weighted by molar-refractivity contribution is -0.133. The molecule has 0 bridgehead atoms. The Bertz CT molecular complexity index is 1510. The van der Waals surface area contributed by atoms with Crippen molar-refractivity contribution in [2.24, 2.45) is 0 Å². The normalized spacial score (nSPS) is 11.4. The highest BCUT2D eigenvalue weighted by atomic mass is 32.1. The van der Waals surface area contributed by atoms with Crippen LogP contribution in [0.5, 0.6) is 11.5 Å². The van der Waals surface area contributed by atoms with Crippen molar-refractivity contribution in [2.75, 3.05) is 12.4 Å². The van der Waals surface area contributed by atoms with E-state index in [4.69, 9.17) is 9.47 Å². The van der Waals surface area contributed by atoms with Crippen molar-refractivity contribution >= 4 is 35.0 Å². The number of amides is 1. The summed E-state index contributed by atoms with van der Waals surface area (Å²) in [6, 6.07) is 20.7. The van der Waals surface area contributed by atoms with Crippen LogP contribution in [-0.2, 0) is 17.6 Å². The van der Waals surface area contributed by atoms with Crippen molar-refractivity contribution in [1.82, 2.24) is 0 Å².